The fourth-order valence-electron chi connectivity index (χ4n) is 1.54. The quantitative estimate of drug-likeness (QED) is 0.578. The van der Waals surface area contributed by atoms with Gasteiger partial charge in [-0.2, -0.15) is 0 Å². The van der Waals surface area contributed by atoms with Crippen LogP contribution in [0.25, 0.3) is 0 Å². The lowest BCUT2D eigenvalue weighted by molar-refractivity contribution is -0.384. The fourth-order valence-corrected chi connectivity index (χ4v) is 1.54. The highest BCUT2D eigenvalue weighted by Gasteiger charge is 2.22. The standard InChI is InChI=1S/C11H17N5O3/c1-4-15(7-10(17)13-3)11-8(16(18)19)5-6-9(12-2)14-11/h5-6H,4,7H2,1-3H3,(H,12,14)(H,13,17). The van der Waals surface area contributed by atoms with Crippen molar-refractivity contribution in [3.63, 3.8) is 0 Å². The number of carbonyl (C=O) groups is 1. The highest BCUT2D eigenvalue weighted by atomic mass is 16.6. The van der Waals surface area contributed by atoms with Crippen molar-refractivity contribution in [3.8, 4) is 0 Å². The van der Waals surface area contributed by atoms with E-state index in [9.17, 15) is 14.9 Å². The van der Waals surface area contributed by atoms with E-state index in [1.54, 1.807) is 18.9 Å². The number of nitrogens with zero attached hydrogens (tertiary/aromatic N) is 3. The van der Waals surface area contributed by atoms with Crippen molar-refractivity contribution in [2.24, 2.45) is 0 Å². The van der Waals surface area contributed by atoms with Crippen molar-refractivity contribution in [2.75, 3.05) is 37.4 Å². The molecule has 1 aromatic heterocycles. The van der Waals surface area contributed by atoms with Crippen LogP contribution in [0.2, 0.25) is 0 Å². The molecule has 8 heteroatoms. The number of hydrogen-bond donors (Lipinski definition) is 2. The minimum Gasteiger partial charge on any atom is -0.373 e. The average Bonchev–Trinajstić information content (AvgIpc) is 2.43. The van der Waals surface area contributed by atoms with Gasteiger partial charge in [-0.3, -0.25) is 14.9 Å². The van der Waals surface area contributed by atoms with Crippen LogP contribution < -0.4 is 15.5 Å². The summed E-state index contributed by atoms with van der Waals surface area (Å²) >= 11 is 0. The van der Waals surface area contributed by atoms with Gasteiger partial charge in [0.15, 0.2) is 0 Å². The van der Waals surface area contributed by atoms with Gasteiger partial charge in [0.25, 0.3) is 0 Å². The normalized spacial score (nSPS) is 9.84. The van der Waals surface area contributed by atoms with Gasteiger partial charge in [-0.15, -0.1) is 0 Å². The maximum Gasteiger partial charge on any atom is 0.311 e. The second-order valence-corrected chi connectivity index (χ2v) is 3.73. The minimum atomic E-state index is -0.506. The molecule has 0 radical (unpaired) electrons. The lowest BCUT2D eigenvalue weighted by atomic mass is 10.3. The van der Waals surface area contributed by atoms with Crippen molar-refractivity contribution in [1.29, 1.82) is 0 Å². The molecular formula is C11H17N5O3. The SMILES string of the molecule is CCN(CC(=O)NC)c1nc(NC)ccc1[N+](=O)[O-]. The van der Waals surface area contributed by atoms with Crippen LogP contribution >= 0.6 is 0 Å². The lowest BCUT2D eigenvalue weighted by Crippen LogP contribution is -2.36. The Morgan fingerprint density at radius 3 is 2.63 bits per heavy atom. The molecule has 0 aromatic carbocycles. The van der Waals surface area contributed by atoms with E-state index in [0.717, 1.165) is 0 Å². The number of amides is 1. The summed E-state index contributed by atoms with van der Waals surface area (Å²) < 4.78 is 0. The first kappa shape index (κ1) is 14.7. The number of pyridine rings is 1. The van der Waals surface area contributed by atoms with Crippen LogP contribution in [-0.2, 0) is 4.79 Å². The van der Waals surface area contributed by atoms with Crippen LogP contribution in [-0.4, -0.2) is 43.0 Å². The summed E-state index contributed by atoms with van der Waals surface area (Å²) in [6.07, 6.45) is 0. The molecule has 0 saturated heterocycles. The lowest BCUT2D eigenvalue weighted by Gasteiger charge is -2.21. The fraction of sp³-hybridized carbons (Fsp3) is 0.455. The second kappa shape index (κ2) is 6.53. The number of nitro groups is 1. The maximum atomic E-state index is 11.4. The summed E-state index contributed by atoms with van der Waals surface area (Å²) in [5.74, 6) is 0.465. The number of likely N-dealkylation sites (N-methyl/N-ethyl adjacent to an activating group) is 2. The summed E-state index contributed by atoms with van der Waals surface area (Å²) in [5.41, 5.74) is -0.121. The molecule has 1 heterocycles. The highest BCUT2D eigenvalue weighted by molar-refractivity contribution is 5.81. The maximum absolute atomic E-state index is 11.4. The van der Waals surface area contributed by atoms with Crippen LogP contribution in [0.1, 0.15) is 6.92 Å². The molecule has 1 rings (SSSR count). The predicted molar refractivity (Wildman–Crippen MR) is 72.4 cm³/mol. The number of nitrogens with one attached hydrogen (secondary N) is 2. The Morgan fingerprint density at radius 2 is 2.16 bits per heavy atom. The molecule has 1 aromatic rings. The molecule has 2 N–H and O–H groups in total. The van der Waals surface area contributed by atoms with Crippen LogP contribution in [0.15, 0.2) is 12.1 Å². The van der Waals surface area contributed by atoms with Crippen molar-refractivity contribution < 1.29 is 9.72 Å². The van der Waals surface area contributed by atoms with Gasteiger partial charge in [0.1, 0.15) is 5.82 Å². The number of rotatable bonds is 6. The summed E-state index contributed by atoms with van der Waals surface area (Å²) in [5, 5.41) is 16.3. The highest BCUT2D eigenvalue weighted by Crippen LogP contribution is 2.27. The number of hydrogen-bond acceptors (Lipinski definition) is 6. The molecule has 0 aliphatic carbocycles. The summed E-state index contributed by atoms with van der Waals surface area (Å²) in [6, 6.07) is 2.90. The predicted octanol–water partition coefficient (Wildman–Crippen LogP) is 0.604. The molecule has 104 valence electrons. The van der Waals surface area contributed by atoms with Gasteiger partial charge in [-0.05, 0) is 13.0 Å². The van der Waals surface area contributed by atoms with Crippen molar-refractivity contribution in [1.82, 2.24) is 10.3 Å². The molecule has 0 spiro atoms. The van der Waals surface area contributed by atoms with Crippen molar-refractivity contribution >= 4 is 23.2 Å². The average molecular weight is 267 g/mol. The van der Waals surface area contributed by atoms with Gasteiger partial charge in [-0.1, -0.05) is 0 Å². The Labute approximate surface area is 111 Å². The summed E-state index contributed by atoms with van der Waals surface area (Å²) in [7, 11) is 3.19. The van der Waals surface area contributed by atoms with E-state index in [4.69, 9.17) is 0 Å². The van der Waals surface area contributed by atoms with Gasteiger partial charge < -0.3 is 15.5 Å². The van der Waals surface area contributed by atoms with E-state index >= 15 is 0 Å². The van der Waals surface area contributed by atoms with Gasteiger partial charge in [-0.25, -0.2) is 4.98 Å². The molecule has 8 nitrogen and oxygen atoms in total. The van der Waals surface area contributed by atoms with Crippen LogP contribution in [0, 0.1) is 10.1 Å². The molecular weight excluding hydrogens is 250 g/mol. The topological polar surface area (TPSA) is 100 Å². The third kappa shape index (κ3) is 3.54. The second-order valence-electron chi connectivity index (χ2n) is 3.73. The Morgan fingerprint density at radius 1 is 1.47 bits per heavy atom. The van der Waals surface area contributed by atoms with Crippen molar-refractivity contribution in [3.05, 3.63) is 22.2 Å². The van der Waals surface area contributed by atoms with E-state index in [0.29, 0.717) is 12.4 Å². The number of anilines is 2. The first-order valence-corrected chi connectivity index (χ1v) is 5.82. The summed E-state index contributed by atoms with van der Waals surface area (Å²) in [4.78, 5) is 27.7. The van der Waals surface area contributed by atoms with E-state index in [1.165, 1.54) is 19.2 Å². The Bertz CT molecular complexity index is 477. The smallest absolute Gasteiger partial charge is 0.311 e. The van der Waals surface area contributed by atoms with Gasteiger partial charge in [0.05, 0.1) is 11.5 Å². The molecule has 0 aliphatic rings. The molecule has 0 unspecified atom stereocenters. The Kier molecular flexibility index (Phi) is 5.04. The van der Waals surface area contributed by atoms with E-state index in [1.807, 2.05) is 0 Å². The Balaban J connectivity index is 3.18. The largest absolute Gasteiger partial charge is 0.373 e. The minimum absolute atomic E-state index is 0.0218. The number of aromatic nitrogens is 1. The first-order valence-electron chi connectivity index (χ1n) is 5.82. The zero-order valence-corrected chi connectivity index (χ0v) is 11.1. The molecule has 0 aliphatic heterocycles. The summed E-state index contributed by atoms with van der Waals surface area (Å²) in [6.45, 7) is 2.27. The molecule has 0 atom stereocenters. The van der Waals surface area contributed by atoms with Crippen LogP contribution in [0.5, 0.6) is 0 Å². The molecule has 0 bridgehead atoms. The van der Waals surface area contributed by atoms with E-state index < -0.39 is 4.92 Å². The van der Waals surface area contributed by atoms with Crippen molar-refractivity contribution in [2.45, 2.75) is 6.92 Å². The van der Waals surface area contributed by atoms with Crippen LogP contribution in [0.3, 0.4) is 0 Å². The zero-order valence-electron chi connectivity index (χ0n) is 11.1. The first-order chi connectivity index (χ1) is 9.03. The van der Waals surface area contributed by atoms with E-state index in [2.05, 4.69) is 15.6 Å². The third-order valence-corrected chi connectivity index (χ3v) is 2.60. The van der Waals surface area contributed by atoms with Gasteiger partial charge in [0, 0.05) is 26.7 Å². The molecule has 19 heavy (non-hydrogen) atoms. The molecule has 0 saturated carbocycles. The Hall–Kier alpha value is -2.38. The zero-order chi connectivity index (χ0) is 14.4. The van der Waals surface area contributed by atoms with Gasteiger partial charge in [0.2, 0.25) is 11.7 Å². The van der Waals surface area contributed by atoms with E-state index in [-0.39, 0.29) is 24.0 Å². The molecule has 0 fully saturated rings. The van der Waals surface area contributed by atoms with Gasteiger partial charge >= 0.3 is 5.69 Å². The van der Waals surface area contributed by atoms with Crippen LogP contribution in [0.4, 0.5) is 17.3 Å². The number of carbonyl (C=O) groups excluding carboxylic acids is 1. The monoisotopic (exact) mass is 267 g/mol. The molecule has 1 amide bonds. The third-order valence-electron chi connectivity index (χ3n) is 2.60.